The number of ether oxygens (including phenoxy) is 1. The molecule has 34 heavy (non-hydrogen) atoms. The summed E-state index contributed by atoms with van der Waals surface area (Å²) in [5.41, 5.74) is 13.6. The van der Waals surface area contributed by atoms with Crippen LogP contribution in [0.25, 0.3) is 22.4 Å². The molecule has 0 radical (unpaired) electrons. The molecule has 1 aliphatic rings. The largest absolute Gasteiger partial charge is 0.492 e. The molecule has 3 N–H and O–H groups in total. The van der Waals surface area contributed by atoms with Gasteiger partial charge in [0.15, 0.2) is 0 Å². The Morgan fingerprint density at radius 1 is 1.00 bits per heavy atom. The lowest BCUT2D eigenvalue weighted by molar-refractivity contribution is 0.200. The Morgan fingerprint density at radius 2 is 1.79 bits per heavy atom. The molecule has 3 aromatic carbocycles. The SMILES string of the molecule is CCc1ccc(-c2nc3c(N4CCN(CCOc5ccc(N)c(C)c5)CC4)cccc3[nH]2)cc1. The average Bonchev–Trinajstić information content (AvgIpc) is 3.31. The second kappa shape index (κ2) is 9.77. The van der Waals surface area contributed by atoms with Crippen LogP contribution in [0.4, 0.5) is 11.4 Å². The quantitative estimate of drug-likeness (QED) is 0.389. The third-order valence-corrected chi connectivity index (χ3v) is 6.76. The Bertz CT molecular complexity index is 1260. The summed E-state index contributed by atoms with van der Waals surface area (Å²) in [6, 6.07) is 20.9. The molecule has 0 atom stereocenters. The maximum absolute atomic E-state index is 5.95. The summed E-state index contributed by atoms with van der Waals surface area (Å²) in [4.78, 5) is 13.4. The highest BCUT2D eigenvalue weighted by atomic mass is 16.5. The highest BCUT2D eigenvalue weighted by Crippen LogP contribution is 2.29. The van der Waals surface area contributed by atoms with Crippen molar-refractivity contribution in [3.63, 3.8) is 0 Å². The summed E-state index contributed by atoms with van der Waals surface area (Å²) in [6.07, 6.45) is 1.05. The van der Waals surface area contributed by atoms with Gasteiger partial charge in [-0.3, -0.25) is 4.90 Å². The van der Waals surface area contributed by atoms with E-state index < -0.39 is 0 Å². The first-order chi connectivity index (χ1) is 16.6. The van der Waals surface area contributed by atoms with Gasteiger partial charge in [0.25, 0.3) is 0 Å². The molecule has 4 aromatic rings. The maximum atomic E-state index is 5.95. The molecular formula is C28H33N5O. The van der Waals surface area contributed by atoms with Crippen molar-refractivity contribution in [2.45, 2.75) is 20.3 Å². The molecule has 1 fully saturated rings. The third-order valence-electron chi connectivity index (χ3n) is 6.76. The molecule has 0 spiro atoms. The number of hydrogen-bond acceptors (Lipinski definition) is 5. The van der Waals surface area contributed by atoms with Crippen LogP contribution in [0, 0.1) is 6.92 Å². The minimum absolute atomic E-state index is 0.679. The number of benzene rings is 3. The first-order valence-corrected chi connectivity index (χ1v) is 12.1. The molecule has 1 aliphatic heterocycles. The van der Waals surface area contributed by atoms with Crippen molar-refractivity contribution in [2.24, 2.45) is 0 Å². The predicted molar refractivity (Wildman–Crippen MR) is 141 cm³/mol. The number of piperazine rings is 1. The number of aromatic amines is 1. The zero-order valence-electron chi connectivity index (χ0n) is 20.1. The fourth-order valence-corrected chi connectivity index (χ4v) is 4.55. The number of aryl methyl sites for hydroxylation is 2. The lowest BCUT2D eigenvalue weighted by Crippen LogP contribution is -2.47. The number of anilines is 2. The van der Waals surface area contributed by atoms with E-state index >= 15 is 0 Å². The lowest BCUT2D eigenvalue weighted by Gasteiger charge is -2.36. The number of rotatable bonds is 7. The number of imidazole rings is 1. The molecule has 0 saturated carbocycles. The monoisotopic (exact) mass is 455 g/mol. The molecule has 2 heterocycles. The predicted octanol–water partition coefficient (Wildman–Crippen LogP) is 4.88. The van der Waals surface area contributed by atoms with Crippen molar-refractivity contribution in [2.75, 3.05) is 50.0 Å². The van der Waals surface area contributed by atoms with Gasteiger partial charge in [-0.05, 0) is 54.8 Å². The van der Waals surface area contributed by atoms with Gasteiger partial charge in [-0.2, -0.15) is 0 Å². The summed E-state index contributed by atoms with van der Waals surface area (Å²) < 4.78 is 5.95. The van der Waals surface area contributed by atoms with Crippen LogP contribution in [0.15, 0.2) is 60.7 Å². The fourth-order valence-electron chi connectivity index (χ4n) is 4.55. The van der Waals surface area contributed by atoms with Crippen LogP contribution in [0.2, 0.25) is 0 Å². The van der Waals surface area contributed by atoms with Crippen molar-refractivity contribution >= 4 is 22.4 Å². The van der Waals surface area contributed by atoms with E-state index in [2.05, 4.69) is 64.2 Å². The number of nitrogens with zero attached hydrogens (tertiary/aromatic N) is 3. The molecule has 5 rings (SSSR count). The van der Waals surface area contributed by atoms with Gasteiger partial charge in [0.05, 0.1) is 11.2 Å². The standard InChI is InChI=1S/C28H33N5O/c1-3-21-7-9-22(10-8-21)28-30-25-5-4-6-26(27(25)31-28)33-15-13-32(14-16-33)17-18-34-23-11-12-24(29)20(2)19-23/h4-12,19H,3,13-18,29H2,1-2H3,(H,30,31). The summed E-state index contributed by atoms with van der Waals surface area (Å²) in [5.74, 6) is 1.81. The number of nitrogens with one attached hydrogen (secondary N) is 1. The molecule has 1 aromatic heterocycles. The first-order valence-electron chi connectivity index (χ1n) is 12.1. The van der Waals surface area contributed by atoms with Crippen LogP contribution >= 0.6 is 0 Å². The molecule has 6 nitrogen and oxygen atoms in total. The van der Waals surface area contributed by atoms with Crippen LogP contribution in [-0.2, 0) is 6.42 Å². The molecule has 6 heteroatoms. The fraction of sp³-hybridized carbons (Fsp3) is 0.321. The average molecular weight is 456 g/mol. The summed E-state index contributed by atoms with van der Waals surface area (Å²) in [7, 11) is 0. The molecule has 0 bridgehead atoms. The van der Waals surface area contributed by atoms with Gasteiger partial charge < -0.3 is 20.4 Å². The van der Waals surface area contributed by atoms with Crippen LogP contribution < -0.4 is 15.4 Å². The van der Waals surface area contributed by atoms with Gasteiger partial charge in [-0.15, -0.1) is 0 Å². The second-order valence-corrected chi connectivity index (χ2v) is 9.00. The van der Waals surface area contributed by atoms with E-state index in [1.165, 1.54) is 11.3 Å². The first kappa shape index (κ1) is 22.3. The van der Waals surface area contributed by atoms with Gasteiger partial charge in [0, 0.05) is 44.0 Å². The van der Waals surface area contributed by atoms with Crippen LogP contribution in [0.5, 0.6) is 5.75 Å². The van der Waals surface area contributed by atoms with Gasteiger partial charge in [-0.25, -0.2) is 4.98 Å². The maximum Gasteiger partial charge on any atom is 0.138 e. The number of para-hydroxylation sites is 1. The molecular weight excluding hydrogens is 422 g/mol. The number of nitrogens with two attached hydrogens (primary N) is 1. The molecule has 0 unspecified atom stereocenters. The molecule has 0 amide bonds. The number of aromatic nitrogens is 2. The number of hydrogen-bond donors (Lipinski definition) is 2. The van der Waals surface area contributed by atoms with E-state index in [-0.39, 0.29) is 0 Å². The molecule has 176 valence electrons. The zero-order chi connectivity index (χ0) is 23.5. The van der Waals surface area contributed by atoms with Crippen LogP contribution in [0.1, 0.15) is 18.1 Å². The van der Waals surface area contributed by atoms with Crippen molar-refractivity contribution in [1.29, 1.82) is 0 Å². The molecule has 0 aliphatic carbocycles. The Balaban J connectivity index is 1.21. The van der Waals surface area contributed by atoms with E-state index in [9.17, 15) is 0 Å². The Kier molecular flexibility index (Phi) is 6.41. The number of fused-ring (bicyclic) bond motifs is 1. The summed E-state index contributed by atoms with van der Waals surface area (Å²) >= 11 is 0. The van der Waals surface area contributed by atoms with E-state index in [0.29, 0.717) is 6.61 Å². The van der Waals surface area contributed by atoms with Crippen molar-refractivity contribution in [3.05, 3.63) is 71.8 Å². The van der Waals surface area contributed by atoms with E-state index in [0.717, 1.165) is 78.6 Å². The van der Waals surface area contributed by atoms with Gasteiger partial charge in [-0.1, -0.05) is 37.3 Å². The Labute approximate surface area is 201 Å². The van der Waals surface area contributed by atoms with Crippen molar-refractivity contribution < 1.29 is 4.74 Å². The normalized spacial score (nSPS) is 14.6. The number of nitrogen functional groups attached to an aromatic ring is 1. The van der Waals surface area contributed by atoms with Gasteiger partial charge in [0.1, 0.15) is 23.7 Å². The zero-order valence-corrected chi connectivity index (χ0v) is 20.1. The van der Waals surface area contributed by atoms with Crippen molar-refractivity contribution in [3.8, 4) is 17.1 Å². The third kappa shape index (κ3) is 4.73. The molecule has 1 saturated heterocycles. The smallest absolute Gasteiger partial charge is 0.138 e. The summed E-state index contributed by atoms with van der Waals surface area (Å²) in [6.45, 7) is 9.76. The Hall–Kier alpha value is -3.51. The van der Waals surface area contributed by atoms with Crippen LogP contribution in [-0.4, -0.2) is 54.2 Å². The number of H-pyrrole nitrogens is 1. The van der Waals surface area contributed by atoms with E-state index in [4.69, 9.17) is 15.5 Å². The highest BCUT2D eigenvalue weighted by Gasteiger charge is 2.20. The van der Waals surface area contributed by atoms with E-state index in [1.807, 2.05) is 25.1 Å². The summed E-state index contributed by atoms with van der Waals surface area (Å²) in [5, 5.41) is 0. The van der Waals surface area contributed by atoms with Crippen molar-refractivity contribution in [1.82, 2.24) is 14.9 Å². The van der Waals surface area contributed by atoms with Gasteiger partial charge in [0.2, 0.25) is 0 Å². The topological polar surface area (TPSA) is 70.4 Å². The minimum atomic E-state index is 0.679. The highest BCUT2D eigenvalue weighted by molar-refractivity contribution is 5.91. The Morgan fingerprint density at radius 3 is 2.53 bits per heavy atom. The minimum Gasteiger partial charge on any atom is -0.492 e. The van der Waals surface area contributed by atoms with E-state index in [1.54, 1.807) is 0 Å². The second-order valence-electron chi connectivity index (χ2n) is 9.00. The lowest BCUT2D eigenvalue weighted by atomic mass is 10.1. The van der Waals surface area contributed by atoms with Gasteiger partial charge >= 0.3 is 0 Å². The van der Waals surface area contributed by atoms with Crippen LogP contribution in [0.3, 0.4) is 0 Å².